The number of thioether (sulfide) groups is 1. The molecule has 0 spiro atoms. The highest BCUT2D eigenvalue weighted by Gasteiger charge is 2.32. The molecule has 1 aliphatic heterocycles. The maximum Gasteiger partial charge on any atom is 0.251 e. The zero-order valence-electron chi connectivity index (χ0n) is 16.7. The number of hydrogen-bond acceptors (Lipinski definition) is 3. The number of amides is 2. The van der Waals surface area contributed by atoms with Gasteiger partial charge in [-0.1, -0.05) is 72.8 Å². The van der Waals surface area contributed by atoms with Gasteiger partial charge in [0.05, 0.1) is 5.75 Å². The number of carbonyl (C=O) groups excluding carboxylic acids is 2. The summed E-state index contributed by atoms with van der Waals surface area (Å²) in [6, 6.07) is 27.7. The van der Waals surface area contributed by atoms with Gasteiger partial charge < -0.3 is 10.2 Å². The van der Waals surface area contributed by atoms with Gasteiger partial charge in [0.2, 0.25) is 5.91 Å². The zero-order chi connectivity index (χ0) is 20.8. The molecular formula is C25H24N2O2S. The Balaban J connectivity index is 1.37. The summed E-state index contributed by atoms with van der Waals surface area (Å²) in [6.45, 7) is 1.20. The SMILES string of the molecule is O=C(NCCc1ccccc1)c1ccc([C@@H]2SCC(=O)N2Cc2ccccc2)cc1. The first-order valence-corrected chi connectivity index (χ1v) is 11.1. The van der Waals surface area contributed by atoms with E-state index in [-0.39, 0.29) is 17.2 Å². The molecule has 0 aliphatic carbocycles. The Kier molecular flexibility index (Phi) is 6.50. The Labute approximate surface area is 181 Å². The fraction of sp³-hybridized carbons (Fsp3) is 0.200. The van der Waals surface area contributed by atoms with Crippen LogP contribution >= 0.6 is 11.8 Å². The highest BCUT2D eigenvalue weighted by Crippen LogP contribution is 2.39. The number of carbonyl (C=O) groups is 2. The van der Waals surface area contributed by atoms with Gasteiger partial charge in [-0.05, 0) is 35.2 Å². The molecule has 4 nitrogen and oxygen atoms in total. The van der Waals surface area contributed by atoms with E-state index in [0.29, 0.717) is 24.4 Å². The Bertz CT molecular complexity index is 991. The van der Waals surface area contributed by atoms with E-state index in [0.717, 1.165) is 17.5 Å². The largest absolute Gasteiger partial charge is 0.352 e. The van der Waals surface area contributed by atoms with Gasteiger partial charge in [-0.15, -0.1) is 11.8 Å². The van der Waals surface area contributed by atoms with Crippen LogP contribution in [0, 0.1) is 0 Å². The van der Waals surface area contributed by atoms with Crippen molar-refractivity contribution in [3.8, 4) is 0 Å². The van der Waals surface area contributed by atoms with Crippen molar-refractivity contribution in [3.63, 3.8) is 0 Å². The van der Waals surface area contributed by atoms with Gasteiger partial charge in [0.1, 0.15) is 5.37 Å². The molecule has 1 N–H and O–H groups in total. The van der Waals surface area contributed by atoms with Gasteiger partial charge in [0.25, 0.3) is 5.91 Å². The summed E-state index contributed by atoms with van der Waals surface area (Å²) in [6.07, 6.45) is 0.805. The van der Waals surface area contributed by atoms with E-state index in [1.54, 1.807) is 11.8 Å². The van der Waals surface area contributed by atoms with Crippen molar-refractivity contribution >= 4 is 23.6 Å². The Morgan fingerprint density at radius 2 is 1.53 bits per heavy atom. The molecule has 1 aliphatic rings. The number of benzene rings is 3. The third-order valence-corrected chi connectivity index (χ3v) is 6.42. The van der Waals surface area contributed by atoms with Crippen molar-refractivity contribution in [3.05, 3.63) is 107 Å². The maximum atomic E-state index is 12.4. The minimum atomic E-state index is -0.0752. The lowest BCUT2D eigenvalue weighted by Gasteiger charge is -2.24. The topological polar surface area (TPSA) is 49.4 Å². The second-order valence-corrected chi connectivity index (χ2v) is 8.35. The van der Waals surface area contributed by atoms with E-state index in [9.17, 15) is 9.59 Å². The summed E-state index contributed by atoms with van der Waals surface area (Å²) >= 11 is 1.63. The van der Waals surface area contributed by atoms with Gasteiger partial charge in [-0.3, -0.25) is 9.59 Å². The lowest BCUT2D eigenvalue weighted by Crippen LogP contribution is -2.28. The minimum Gasteiger partial charge on any atom is -0.352 e. The van der Waals surface area contributed by atoms with Crippen LogP contribution in [0.5, 0.6) is 0 Å². The van der Waals surface area contributed by atoms with Gasteiger partial charge in [0, 0.05) is 18.7 Å². The van der Waals surface area contributed by atoms with Crippen LogP contribution < -0.4 is 5.32 Å². The average Bonchev–Trinajstić information content (AvgIpc) is 3.15. The molecule has 4 rings (SSSR count). The van der Waals surface area contributed by atoms with Crippen molar-refractivity contribution in [1.29, 1.82) is 0 Å². The van der Waals surface area contributed by atoms with E-state index in [4.69, 9.17) is 0 Å². The van der Waals surface area contributed by atoms with Crippen LogP contribution in [-0.4, -0.2) is 29.0 Å². The molecule has 0 unspecified atom stereocenters. The fourth-order valence-electron chi connectivity index (χ4n) is 3.55. The highest BCUT2D eigenvalue weighted by atomic mass is 32.2. The molecule has 1 heterocycles. The molecule has 0 radical (unpaired) electrons. The van der Waals surface area contributed by atoms with Crippen LogP contribution in [0.15, 0.2) is 84.9 Å². The molecule has 1 atom stereocenters. The van der Waals surface area contributed by atoms with Crippen LogP contribution in [0.2, 0.25) is 0 Å². The molecule has 0 aromatic heterocycles. The number of rotatable bonds is 7. The standard InChI is InChI=1S/C25H24N2O2S/c28-23-18-30-25(27(23)17-20-9-5-2-6-10-20)22-13-11-21(12-14-22)24(29)26-16-15-19-7-3-1-4-8-19/h1-14,25H,15-18H2,(H,26,29)/t25-/m0/s1. The Hall–Kier alpha value is -3.05. The summed E-state index contributed by atoms with van der Waals surface area (Å²) in [5.74, 6) is 0.560. The normalized spacial score (nSPS) is 15.9. The van der Waals surface area contributed by atoms with Crippen LogP contribution in [0.4, 0.5) is 0 Å². The van der Waals surface area contributed by atoms with Crippen LogP contribution in [-0.2, 0) is 17.8 Å². The molecule has 3 aromatic rings. The Morgan fingerprint density at radius 1 is 0.900 bits per heavy atom. The summed E-state index contributed by atoms with van der Waals surface area (Å²) in [7, 11) is 0. The molecule has 2 amide bonds. The minimum absolute atomic E-state index is 0.0205. The number of nitrogens with one attached hydrogen (secondary N) is 1. The smallest absolute Gasteiger partial charge is 0.251 e. The molecule has 30 heavy (non-hydrogen) atoms. The van der Waals surface area contributed by atoms with Crippen LogP contribution in [0.25, 0.3) is 0 Å². The number of nitrogens with zero attached hydrogens (tertiary/aromatic N) is 1. The predicted molar refractivity (Wildman–Crippen MR) is 121 cm³/mol. The quantitative estimate of drug-likeness (QED) is 0.620. The first-order chi connectivity index (χ1) is 14.7. The summed E-state index contributed by atoms with van der Waals surface area (Å²) < 4.78 is 0. The molecule has 0 bridgehead atoms. The summed E-state index contributed by atoms with van der Waals surface area (Å²) in [5, 5.41) is 2.96. The van der Waals surface area contributed by atoms with Crippen molar-refractivity contribution in [2.75, 3.05) is 12.3 Å². The monoisotopic (exact) mass is 416 g/mol. The van der Waals surface area contributed by atoms with E-state index < -0.39 is 0 Å². The van der Waals surface area contributed by atoms with Crippen LogP contribution in [0.1, 0.15) is 32.4 Å². The first-order valence-electron chi connectivity index (χ1n) is 10.1. The third kappa shape index (κ3) is 4.92. The number of hydrogen-bond donors (Lipinski definition) is 1. The summed E-state index contributed by atoms with van der Waals surface area (Å²) in [5.41, 5.74) is 4.00. The second kappa shape index (κ2) is 9.63. The lowest BCUT2D eigenvalue weighted by atomic mass is 10.1. The fourth-order valence-corrected chi connectivity index (χ4v) is 4.74. The zero-order valence-corrected chi connectivity index (χ0v) is 17.5. The second-order valence-electron chi connectivity index (χ2n) is 7.28. The molecule has 0 saturated carbocycles. The summed E-state index contributed by atoms with van der Waals surface area (Å²) in [4.78, 5) is 26.8. The highest BCUT2D eigenvalue weighted by molar-refractivity contribution is 8.00. The molecule has 1 fully saturated rings. The molecule has 3 aromatic carbocycles. The van der Waals surface area contributed by atoms with Crippen molar-refractivity contribution in [1.82, 2.24) is 10.2 Å². The van der Waals surface area contributed by atoms with E-state index >= 15 is 0 Å². The van der Waals surface area contributed by atoms with Gasteiger partial charge in [0.15, 0.2) is 0 Å². The van der Waals surface area contributed by atoms with Crippen molar-refractivity contribution in [2.45, 2.75) is 18.3 Å². The van der Waals surface area contributed by atoms with Crippen molar-refractivity contribution in [2.24, 2.45) is 0 Å². The predicted octanol–water partition coefficient (Wildman–Crippen LogP) is 4.43. The van der Waals surface area contributed by atoms with E-state index in [2.05, 4.69) is 17.4 Å². The van der Waals surface area contributed by atoms with Gasteiger partial charge >= 0.3 is 0 Å². The lowest BCUT2D eigenvalue weighted by molar-refractivity contribution is -0.128. The first kappa shape index (κ1) is 20.2. The van der Waals surface area contributed by atoms with E-state index in [1.807, 2.05) is 77.7 Å². The van der Waals surface area contributed by atoms with Gasteiger partial charge in [-0.2, -0.15) is 0 Å². The molecule has 152 valence electrons. The molecule has 1 saturated heterocycles. The molecule has 5 heteroatoms. The third-order valence-electron chi connectivity index (χ3n) is 5.16. The maximum absolute atomic E-state index is 12.4. The van der Waals surface area contributed by atoms with E-state index in [1.165, 1.54) is 5.56 Å². The molecular weight excluding hydrogens is 392 g/mol. The van der Waals surface area contributed by atoms with Gasteiger partial charge in [-0.25, -0.2) is 0 Å². The van der Waals surface area contributed by atoms with Crippen LogP contribution in [0.3, 0.4) is 0 Å². The van der Waals surface area contributed by atoms with Crippen molar-refractivity contribution < 1.29 is 9.59 Å². The Morgan fingerprint density at radius 3 is 2.20 bits per heavy atom. The average molecular weight is 417 g/mol.